The van der Waals surface area contributed by atoms with Crippen LogP contribution in [-0.2, 0) is 9.59 Å². The molecule has 6 nitrogen and oxygen atoms in total. The molecule has 3 N–H and O–H groups in total. The maximum Gasteiger partial charge on any atom is 0.307 e. The molecule has 0 aromatic heterocycles. The van der Waals surface area contributed by atoms with Crippen LogP contribution >= 0.6 is 0 Å². The van der Waals surface area contributed by atoms with Gasteiger partial charge in [0.25, 0.3) is 0 Å². The maximum absolute atomic E-state index is 11.6. The number of aliphatic carboxylic acids is 1. The minimum Gasteiger partial charge on any atom is -0.481 e. The minimum absolute atomic E-state index is 0.0650. The molecule has 1 rings (SSSR count). The summed E-state index contributed by atoms with van der Waals surface area (Å²) < 4.78 is 0. The molecule has 1 aliphatic rings. The fourth-order valence-electron chi connectivity index (χ4n) is 1.82. The van der Waals surface area contributed by atoms with E-state index in [1.165, 1.54) is 0 Å². The van der Waals surface area contributed by atoms with Crippen molar-refractivity contribution >= 4 is 11.9 Å². The molecule has 1 heterocycles. The van der Waals surface area contributed by atoms with Gasteiger partial charge in [-0.25, -0.2) is 0 Å². The van der Waals surface area contributed by atoms with Crippen LogP contribution in [0.3, 0.4) is 0 Å². The Labute approximate surface area is 95.0 Å². The van der Waals surface area contributed by atoms with Gasteiger partial charge in [-0.2, -0.15) is 0 Å². The van der Waals surface area contributed by atoms with Gasteiger partial charge in [0.15, 0.2) is 0 Å². The summed E-state index contributed by atoms with van der Waals surface area (Å²) in [7, 11) is 1.59. The number of likely N-dealkylation sites (N-methyl/N-ethyl adjacent to an activating group) is 1. The Morgan fingerprint density at radius 3 is 2.88 bits per heavy atom. The van der Waals surface area contributed by atoms with Gasteiger partial charge in [-0.3, -0.25) is 14.5 Å². The Hall–Kier alpha value is -1.14. The van der Waals surface area contributed by atoms with Crippen LogP contribution in [-0.4, -0.2) is 61.2 Å². The number of piperazine rings is 1. The van der Waals surface area contributed by atoms with Gasteiger partial charge in [-0.1, -0.05) is 6.92 Å². The maximum atomic E-state index is 11.6. The number of carbonyl (C=O) groups excluding carboxylic acids is 1. The molecule has 2 atom stereocenters. The normalized spacial score (nSPS) is 23.8. The summed E-state index contributed by atoms with van der Waals surface area (Å²) in [6, 6.07) is -0.263. The fraction of sp³-hybridized carbons (Fsp3) is 0.800. The van der Waals surface area contributed by atoms with Crippen molar-refractivity contribution in [3.05, 3.63) is 0 Å². The second-order valence-corrected chi connectivity index (χ2v) is 4.07. The van der Waals surface area contributed by atoms with Gasteiger partial charge in [0.2, 0.25) is 5.91 Å². The number of carboxylic acid groups (broad SMARTS) is 1. The minimum atomic E-state index is -0.825. The van der Waals surface area contributed by atoms with Crippen molar-refractivity contribution in [2.45, 2.75) is 13.0 Å². The van der Waals surface area contributed by atoms with Crippen LogP contribution in [0.1, 0.15) is 6.92 Å². The Morgan fingerprint density at radius 2 is 2.31 bits per heavy atom. The molecule has 1 aliphatic heterocycles. The van der Waals surface area contributed by atoms with Gasteiger partial charge in [-0.05, 0) is 0 Å². The fourth-order valence-corrected chi connectivity index (χ4v) is 1.82. The first-order valence-electron chi connectivity index (χ1n) is 5.45. The summed E-state index contributed by atoms with van der Waals surface area (Å²) in [6.07, 6.45) is 0. The van der Waals surface area contributed by atoms with Crippen molar-refractivity contribution in [3.8, 4) is 0 Å². The molecule has 0 saturated carbocycles. The Kier molecular flexibility index (Phi) is 4.70. The van der Waals surface area contributed by atoms with Crippen molar-refractivity contribution in [1.82, 2.24) is 15.5 Å². The number of hydrogen-bond donors (Lipinski definition) is 3. The molecule has 6 heteroatoms. The quantitative estimate of drug-likeness (QED) is 0.560. The molecular weight excluding hydrogens is 210 g/mol. The molecular formula is C10H19N3O3. The van der Waals surface area contributed by atoms with Gasteiger partial charge < -0.3 is 15.7 Å². The van der Waals surface area contributed by atoms with Crippen LogP contribution in [0.25, 0.3) is 0 Å². The van der Waals surface area contributed by atoms with E-state index < -0.39 is 11.9 Å². The predicted octanol–water partition coefficient (Wildman–Crippen LogP) is -1.27. The highest BCUT2D eigenvalue weighted by Crippen LogP contribution is 2.08. The highest BCUT2D eigenvalue weighted by molar-refractivity contribution is 5.82. The second kappa shape index (κ2) is 5.81. The molecule has 1 amide bonds. The number of nitrogens with zero attached hydrogens (tertiary/aromatic N) is 1. The van der Waals surface area contributed by atoms with Crippen LogP contribution < -0.4 is 10.6 Å². The SMILES string of the molecule is CNC(=O)C1CNCCN1CC(C)C(=O)O. The average Bonchev–Trinajstić information content (AvgIpc) is 2.28. The summed E-state index contributed by atoms with van der Waals surface area (Å²) in [5.74, 6) is -1.34. The standard InChI is InChI=1S/C10H19N3O3/c1-7(10(15)16)6-13-4-3-12-5-8(13)9(14)11-2/h7-8,12H,3-6H2,1-2H3,(H,11,14)(H,15,16). The van der Waals surface area contributed by atoms with Crippen LogP contribution in [0.5, 0.6) is 0 Å². The lowest BCUT2D eigenvalue weighted by molar-refractivity contribution is -0.143. The van der Waals surface area contributed by atoms with Gasteiger partial charge >= 0.3 is 5.97 Å². The number of carbonyl (C=O) groups is 2. The lowest BCUT2D eigenvalue weighted by atomic mass is 10.1. The van der Waals surface area contributed by atoms with Crippen molar-refractivity contribution in [3.63, 3.8) is 0 Å². The van der Waals surface area contributed by atoms with E-state index in [2.05, 4.69) is 10.6 Å². The van der Waals surface area contributed by atoms with Crippen LogP contribution in [0.15, 0.2) is 0 Å². The van der Waals surface area contributed by atoms with Crippen LogP contribution in [0.4, 0.5) is 0 Å². The summed E-state index contributed by atoms with van der Waals surface area (Å²) in [4.78, 5) is 24.3. The molecule has 1 fully saturated rings. The second-order valence-electron chi connectivity index (χ2n) is 4.07. The zero-order valence-corrected chi connectivity index (χ0v) is 9.69. The topological polar surface area (TPSA) is 81.7 Å². The van der Waals surface area contributed by atoms with E-state index in [1.807, 2.05) is 4.90 Å². The zero-order valence-electron chi connectivity index (χ0n) is 9.69. The average molecular weight is 229 g/mol. The highest BCUT2D eigenvalue weighted by Gasteiger charge is 2.29. The molecule has 0 aromatic carbocycles. The number of carboxylic acids is 1. The monoisotopic (exact) mass is 229 g/mol. The van der Waals surface area contributed by atoms with Crippen LogP contribution in [0, 0.1) is 5.92 Å². The summed E-state index contributed by atoms with van der Waals surface area (Å²) in [6.45, 7) is 4.14. The molecule has 0 radical (unpaired) electrons. The Balaban J connectivity index is 2.60. The van der Waals surface area contributed by atoms with Crippen LogP contribution in [0.2, 0.25) is 0 Å². The van der Waals surface area contributed by atoms with E-state index in [0.29, 0.717) is 19.6 Å². The van der Waals surface area contributed by atoms with Gasteiger partial charge in [0.05, 0.1) is 5.92 Å². The molecule has 0 spiro atoms. The third-order valence-electron chi connectivity index (χ3n) is 2.83. The first-order chi connectivity index (χ1) is 7.56. The number of nitrogens with one attached hydrogen (secondary N) is 2. The lowest BCUT2D eigenvalue weighted by Gasteiger charge is -2.35. The van der Waals surface area contributed by atoms with Crippen molar-refractivity contribution in [1.29, 1.82) is 0 Å². The van der Waals surface area contributed by atoms with Gasteiger partial charge in [0.1, 0.15) is 6.04 Å². The first kappa shape index (κ1) is 12.9. The van der Waals surface area contributed by atoms with Gasteiger partial charge in [0, 0.05) is 33.2 Å². The van der Waals surface area contributed by atoms with E-state index in [0.717, 1.165) is 6.54 Å². The molecule has 92 valence electrons. The molecule has 0 aliphatic carbocycles. The lowest BCUT2D eigenvalue weighted by Crippen LogP contribution is -2.58. The van der Waals surface area contributed by atoms with E-state index in [1.54, 1.807) is 14.0 Å². The summed E-state index contributed by atoms with van der Waals surface area (Å²) in [5, 5.41) is 14.6. The number of amides is 1. The van der Waals surface area contributed by atoms with Gasteiger partial charge in [-0.15, -0.1) is 0 Å². The Bertz CT molecular complexity index is 270. The molecule has 2 unspecified atom stereocenters. The summed E-state index contributed by atoms with van der Waals surface area (Å²) in [5.41, 5.74) is 0. The molecule has 1 saturated heterocycles. The molecule has 16 heavy (non-hydrogen) atoms. The van der Waals surface area contributed by atoms with E-state index in [-0.39, 0.29) is 11.9 Å². The van der Waals surface area contributed by atoms with E-state index >= 15 is 0 Å². The van der Waals surface area contributed by atoms with Crippen molar-refractivity contribution < 1.29 is 14.7 Å². The summed E-state index contributed by atoms with van der Waals surface area (Å²) >= 11 is 0. The number of hydrogen-bond acceptors (Lipinski definition) is 4. The van der Waals surface area contributed by atoms with E-state index in [4.69, 9.17) is 5.11 Å². The third-order valence-corrected chi connectivity index (χ3v) is 2.83. The van der Waals surface area contributed by atoms with Crippen molar-refractivity contribution in [2.75, 3.05) is 33.2 Å². The van der Waals surface area contributed by atoms with Crippen molar-refractivity contribution in [2.24, 2.45) is 5.92 Å². The number of rotatable bonds is 4. The molecule has 0 bridgehead atoms. The largest absolute Gasteiger partial charge is 0.481 e. The smallest absolute Gasteiger partial charge is 0.307 e. The van der Waals surface area contributed by atoms with E-state index in [9.17, 15) is 9.59 Å². The zero-order chi connectivity index (χ0) is 12.1. The predicted molar refractivity (Wildman–Crippen MR) is 59.1 cm³/mol. The highest BCUT2D eigenvalue weighted by atomic mass is 16.4. The third kappa shape index (κ3) is 3.18. The Morgan fingerprint density at radius 1 is 1.62 bits per heavy atom. The first-order valence-corrected chi connectivity index (χ1v) is 5.45. The molecule has 0 aromatic rings.